The quantitative estimate of drug-likeness (QED) is 0.155. The van der Waals surface area contributed by atoms with Gasteiger partial charge in [-0.25, -0.2) is 11.1 Å². The number of rotatable bonds is 2. The van der Waals surface area contributed by atoms with Gasteiger partial charge in [0.15, 0.2) is 0 Å². The molecule has 158 valence electrons. The fourth-order valence-electron chi connectivity index (χ4n) is 3.54. The zero-order chi connectivity index (χ0) is 23.3. The molecule has 0 aliphatic carbocycles. The molecule has 2 aromatic heterocycles. The van der Waals surface area contributed by atoms with Crippen LogP contribution in [0.4, 0.5) is 0 Å². The monoisotopic (exact) mass is 602 g/mol. The second-order valence-electron chi connectivity index (χ2n) is 7.14. The van der Waals surface area contributed by atoms with Crippen LogP contribution in [0.25, 0.3) is 43.9 Å². The first-order chi connectivity index (χ1) is 16.7. The molecule has 0 bridgehead atoms. The molecule has 6 aromatic rings. The number of fused-ring (bicyclic) bond motifs is 3. The molecule has 6 rings (SSSR count). The van der Waals surface area contributed by atoms with Crippen LogP contribution in [-0.2, 0) is 20.1 Å². The summed E-state index contributed by atoms with van der Waals surface area (Å²) >= 11 is 0. The number of hydrogen-bond donors (Lipinski definition) is 0. The van der Waals surface area contributed by atoms with Gasteiger partial charge in [0.2, 0.25) is 0 Å². The summed E-state index contributed by atoms with van der Waals surface area (Å²) in [6.07, 6.45) is 6.26. The van der Waals surface area contributed by atoms with Crippen LogP contribution in [0.1, 0.15) is 2.74 Å². The molecule has 0 saturated heterocycles. The van der Waals surface area contributed by atoms with Gasteiger partial charge in [-0.3, -0.25) is 0 Å². The van der Waals surface area contributed by atoms with Gasteiger partial charge in [0.05, 0.1) is 2.74 Å². The molecule has 0 N–H and O–H groups in total. The molecular weight excluding hydrogens is 581 g/mol. The van der Waals surface area contributed by atoms with Gasteiger partial charge in [-0.05, 0) is 17.1 Å². The molecule has 0 fully saturated rings. The Kier molecular flexibility index (Phi) is 6.53. The summed E-state index contributed by atoms with van der Waals surface area (Å²) in [4.78, 5) is 8.23. The molecular formula is C30H19IrN2. The van der Waals surface area contributed by atoms with Crippen molar-refractivity contribution in [3.63, 3.8) is 0 Å². The summed E-state index contributed by atoms with van der Waals surface area (Å²) in [5, 5.41) is 4.41. The van der Waals surface area contributed by atoms with Gasteiger partial charge >= 0.3 is 20.1 Å². The van der Waals surface area contributed by atoms with E-state index in [2.05, 4.69) is 34.4 Å². The van der Waals surface area contributed by atoms with Gasteiger partial charge in [0, 0.05) is 6.20 Å². The third-order valence-electron chi connectivity index (χ3n) is 5.10. The van der Waals surface area contributed by atoms with E-state index in [4.69, 9.17) is 2.74 Å². The van der Waals surface area contributed by atoms with Crippen molar-refractivity contribution in [2.24, 2.45) is 0 Å². The van der Waals surface area contributed by atoms with Gasteiger partial charge in [-0.1, -0.05) is 71.6 Å². The van der Waals surface area contributed by atoms with E-state index in [-0.39, 0.29) is 20.1 Å². The Morgan fingerprint density at radius 2 is 1.55 bits per heavy atom. The molecule has 0 saturated carbocycles. The van der Waals surface area contributed by atoms with Crippen molar-refractivity contribution >= 4 is 21.5 Å². The smallest absolute Gasteiger partial charge is 0.371 e. The molecule has 0 unspecified atom stereocenters. The maximum Gasteiger partial charge on any atom is 3.00 e. The Labute approximate surface area is 210 Å². The minimum absolute atomic E-state index is 0. The van der Waals surface area contributed by atoms with E-state index in [1.165, 1.54) is 0 Å². The van der Waals surface area contributed by atoms with Crippen molar-refractivity contribution < 1.29 is 22.8 Å². The van der Waals surface area contributed by atoms with Crippen molar-refractivity contribution in [2.45, 2.75) is 0 Å². The van der Waals surface area contributed by atoms with Crippen molar-refractivity contribution in [3.05, 3.63) is 134 Å². The molecule has 0 aliphatic heterocycles. The molecule has 33 heavy (non-hydrogen) atoms. The molecule has 0 spiro atoms. The van der Waals surface area contributed by atoms with Crippen molar-refractivity contribution in [2.75, 3.05) is 0 Å². The van der Waals surface area contributed by atoms with Crippen LogP contribution in [0.3, 0.4) is 0 Å². The van der Waals surface area contributed by atoms with E-state index in [1.54, 1.807) is 30.6 Å². The predicted octanol–water partition coefficient (Wildman–Crippen LogP) is 7.20. The predicted molar refractivity (Wildman–Crippen MR) is 131 cm³/mol. The molecule has 0 radical (unpaired) electrons. The summed E-state index contributed by atoms with van der Waals surface area (Å²) in [6.45, 7) is 0. The van der Waals surface area contributed by atoms with Crippen LogP contribution in [-0.4, -0.2) is 9.97 Å². The number of pyridine rings is 2. The largest absolute Gasteiger partial charge is 3.00 e. The van der Waals surface area contributed by atoms with Gasteiger partial charge in [-0.2, -0.15) is 30.3 Å². The summed E-state index contributed by atoms with van der Waals surface area (Å²) < 4.78 is 15.4. The van der Waals surface area contributed by atoms with Crippen LogP contribution >= 0.6 is 0 Å². The average molecular weight is 602 g/mol. The number of nitrogens with zero attached hydrogens (tertiary/aromatic N) is 2. The number of aromatic nitrogens is 2. The van der Waals surface area contributed by atoms with E-state index in [1.807, 2.05) is 66.7 Å². The SMILES string of the molecule is [2H]c1ccnc(-c2[c-]cc3c(ccc4cc([2H])ccc43)c2)c1.[Ir+3].[c-]1ccccc1-c1[c-]nccc1. The third-order valence-corrected chi connectivity index (χ3v) is 5.10. The topological polar surface area (TPSA) is 25.8 Å². The Balaban J connectivity index is 0.000000189. The maximum absolute atomic E-state index is 7.72. The van der Waals surface area contributed by atoms with Gasteiger partial charge < -0.3 is 9.97 Å². The first-order valence-electron chi connectivity index (χ1n) is 11.2. The van der Waals surface area contributed by atoms with Gasteiger partial charge in [0.25, 0.3) is 0 Å². The van der Waals surface area contributed by atoms with Crippen molar-refractivity contribution in [1.29, 1.82) is 0 Å². The van der Waals surface area contributed by atoms with E-state index in [0.717, 1.165) is 43.9 Å². The molecule has 2 heterocycles. The fraction of sp³-hybridized carbons (Fsp3) is 0. The molecule has 0 aliphatic rings. The minimum atomic E-state index is 0. The molecule has 3 heteroatoms. The third kappa shape index (κ3) is 5.23. The zero-order valence-corrected chi connectivity index (χ0v) is 19.9. The first kappa shape index (κ1) is 20.0. The van der Waals surface area contributed by atoms with Crippen LogP contribution in [0.15, 0.2) is 115 Å². The Bertz CT molecular complexity index is 1530. The summed E-state index contributed by atoms with van der Waals surface area (Å²) in [7, 11) is 0. The van der Waals surface area contributed by atoms with Crippen molar-refractivity contribution in [1.82, 2.24) is 9.97 Å². The summed E-state index contributed by atoms with van der Waals surface area (Å²) in [5.74, 6) is 0. The van der Waals surface area contributed by atoms with Gasteiger partial charge in [0.1, 0.15) is 0 Å². The average Bonchev–Trinajstić information content (AvgIpc) is 2.89. The molecule has 4 aromatic carbocycles. The Hall–Kier alpha value is -3.65. The number of hydrogen-bond acceptors (Lipinski definition) is 2. The van der Waals surface area contributed by atoms with Crippen LogP contribution in [0.2, 0.25) is 0 Å². The van der Waals surface area contributed by atoms with Crippen molar-refractivity contribution in [3.8, 4) is 22.4 Å². The summed E-state index contributed by atoms with van der Waals surface area (Å²) in [6, 6.07) is 36.2. The minimum Gasteiger partial charge on any atom is -0.371 e. The normalized spacial score (nSPS) is 11.0. The molecule has 0 amide bonds. The van der Waals surface area contributed by atoms with E-state index in [0.29, 0.717) is 12.1 Å². The number of benzene rings is 4. The van der Waals surface area contributed by atoms with E-state index >= 15 is 0 Å². The standard InChI is InChI=1S/C19H12N.C11H7N.Ir/c1-2-6-17-14(5-1)8-9-15-13-16(10-11-18(15)17)19-7-3-4-12-20-19;1-2-5-10(6-3-1)11-7-4-8-12-9-11;/h1-9,11-13H;1-5,7-8H;/q-1;-2;+3/i1D,3D;;. The van der Waals surface area contributed by atoms with Crippen LogP contribution in [0, 0.1) is 18.3 Å². The van der Waals surface area contributed by atoms with E-state index in [9.17, 15) is 0 Å². The van der Waals surface area contributed by atoms with Crippen LogP contribution in [0.5, 0.6) is 0 Å². The molecule has 0 atom stereocenters. The summed E-state index contributed by atoms with van der Waals surface area (Å²) in [5.41, 5.74) is 3.66. The van der Waals surface area contributed by atoms with Gasteiger partial charge in [-0.15, -0.1) is 41.3 Å². The maximum atomic E-state index is 7.72. The first-order valence-corrected chi connectivity index (χ1v) is 10.2. The molecule has 2 nitrogen and oxygen atoms in total. The Morgan fingerprint density at radius 1 is 0.667 bits per heavy atom. The zero-order valence-electron chi connectivity index (χ0n) is 19.5. The fourth-order valence-corrected chi connectivity index (χ4v) is 3.54. The van der Waals surface area contributed by atoms with Crippen LogP contribution < -0.4 is 0 Å². The Morgan fingerprint density at radius 3 is 2.36 bits per heavy atom. The second-order valence-corrected chi connectivity index (χ2v) is 7.14. The second kappa shape index (κ2) is 10.8. The van der Waals surface area contributed by atoms with E-state index < -0.39 is 0 Å².